The lowest BCUT2D eigenvalue weighted by Crippen LogP contribution is -2.53. The number of anilines is 1. The number of benzene rings is 1. The van der Waals surface area contributed by atoms with Crippen molar-refractivity contribution < 1.29 is 19.1 Å². The van der Waals surface area contributed by atoms with E-state index >= 15 is 0 Å². The summed E-state index contributed by atoms with van der Waals surface area (Å²) >= 11 is 0. The number of imide groups is 1. The molecule has 1 atom stereocenters. The molecule has 0 aliphatic carbocycles. The molecule has 1 aromatic carbocycles. The third-order valence-corrected chi connectivity index (χ3v) is 3.78. The number of nitrogens with zero attached hydrogens (tertiary/aromatic N) is 1. The van der Waals surface area contributed by atoms with E-state index in [0.29, 0.717) is 18.0 Å². The molecular formula is C19H28N4O4. The molecule has 27 heavy (non-hydrogen) atoms. The number of rotatable bonds is 5. The van der Waals surface area contributed by atoms with Crippen LogP contribution in [-0.4, -0.2) is 49.1 Å². The molecule has 8 nitrogen and oxygen atoms in total. The Morgan fingerprint density at radius 2 is 1.93 bits per heavy atom. The Morgan fingerprint density at radius 1 is 1.22 bits per heavy atom. The van der Waals surface area contributed by atoms with Gasteiger partial charge in [-0.25, -0.2) is 4.79 Å². The molecular weight excluding hydrogens is 348 g/mol. The molecule has 0 spiro atoms. The minimum Gasteiger partial charge on any atom is -0.477 e. The molecule has 0 aromatic heterocycles. The van der Waals surface area contributed by atoms with E-state index in [0.717, 1.165) is 6.42 Å². The van der Waals surface area contributed by atoms with Crippen LogP contribution in [0.2, 0.25) is 0 Å². The number of ether oxygens (including phenoxy) is 1. The largest absolute Gasteiger partial charge is 0.477 e. The molecule has 0 radical (unpaired) electrons. The number of carbonyl (C=O) groups excluding carboxylic acids is 3. The monoisotopic (exact) mass is 376 g/mol. The normalized spacial score (nSPS) is 16.0. The second-order valence-electron chi connectivity index (χ2n) is 7.50. The molecule has 8 heteroatoms. The summed E-state index contributed by atoms with van der Waals surface area (Å²) in [5.41, 5.74) is 0.265. The highest BCUT2D eigenvalue weighted by atomic mass is 16.5. The Labute approximate surface area is 159 Å². The minimum atomic E-state index is -0.720. The molecule has 4 amide bonds. The number of hydrogen-bond donors (Lipinski definition) is 3. The van der Waals surface area contributed by atoms with Gasteiger partial charge >= 0.3 is 6.03 Å². The maximum atomic E-state index is 12.3. The van der Waals surface area contributed by atoms with Crippen molar-refractivity contribution in [2.75, 3.05) is 24.5 Å². The predicted molar refractivity (Wildman–Crippen MR) is 103 cm³/mol. The minimum absolute atomic E-state index is 0.0600. The van der Waals surface area contributed by atoms with Crippen LogP contribution in [0.15, 0.2) is 24.3 Å². The first-order valence-corrected chi connectivity index (χ1v) is 9.10. The van der Waals surface area contributed by atoms with Gasteiger partial charge in [-0.2, -0.15) is 0 Å². The molecule has 148 valence electrons. The van der Waals surface area contributed by atoms with Crippen LogP contribution in [0, 0.1) is 0 Å². The molecule has 0 saturated carbocycles. The second-order valence-corrected chi connectivity index (χ2v) is 7.50. The molecule has 2 rings (SSSR count). The molecule has 1 heterocycles. The Bertz CT molecular complexity index is 699. The highest BCUT2D eigenvalue weighted by Crippen LogP contribution is 2.32. The topological polar surface area (TPSA) is 99.8 Å². The maximum Gasteiger partial charge on any atom is 0.321 e. The molecule has 1 aliphatic rings. The third kappa shape index (κ3) is 6.16. The summed E-state index contributed by atoms with van der Waals surface area (Å²) in [5, 5.41) is 7.81. The van der Waals surface area contributed by atoms with Crippen LogP contribution in [0.5, 0.6) is 5.75 Å². The summed E-state index contributed by atoms with van der Waals surface area (Å²) in [6.07, 6.45) is 0.104. The number of fused-ring (bicyclic) bond motifs is 1. The van der Waals surface area contributed by atoms with Crippen LogP contribution in [0.25, 0.3) is 0 Å². The number of nitrogens with one attached hydrogen (secondary N) is 3. The fourth-order valence-corrected chi connectivity index (χ4v) is 2.67. The van der Waals surface area contributed by atoms with Gasteiger partial charge in [-0.3, -0.25) is 14.9 Å². The maximum absolute atomic E-state index is 12.3. The fourth-order valence-electron chi connectivity index (χ4n) is 2.67. The van der Waals surface area contributed by atoms with Gasteiger partial charge < -0.3 is 20.3 Å². The average Bonchev–Trinajstić information content (AvgIpc) is 2.57. The standard InChI is InChI=1S/C19H28N4O4/c1-5-10-20-17(25)15-11-23(13-8-6-7-9-14(13)27-15)12-16(24)21-18(26)22-19(2,3)4/h6-9,15H,5,10-12H2,1-4H3,(H,20,25)(H2,21,22,24,26)/t15-/m1/s1. The van der Waals surface area contributed by atoms with Gasteiger partial charge in [-0.15, -0.1) is 0 Å². The average molecular weight is 376 g/mol. The van der Waals surface area contributed by atoms with E-state index in [4.69, 9.17) is 4.74 Å². The summed E-state index contributed by atoms with van der Waals surface area (Å²) in [6, 6.07) is 6.66. The van der Waals surface area contributed by atoms with Gasteiger partial charge in [0.2, 0.25) is 5.91 Å². The molecule has 0 bridgehead atoms. The second kappa shape index (κ2) is 8.75. The highest BCUT2D eigenvalue weighted by molar-refractivity contribution is 5.97. The van der Waals surface area contributed by atoms with Crippen molar-refractivity contribution in [3.63, 3.8) is 0 Å². The first-order valence-electron chi connectivity index (χ1n) is 9.10. The highest BCUT2D eigenvalue weighted by Gasteiger charge is 2.31. The van der Waals surface area contributed by atoms with Gasteiger partial charge in [0.15, 0.2) is 6.10 Å². The summed E-state index contributed by atoms with van der Waals surface area (Å²) in [4.78, 5) is 38.3. The zero-order valence-corrected chi connectivity index (χ0v) is 16.3. The van der Waals surface area contributed by atoms with Crippen LogP contribution in [0.3, 0.4) is 0 Å². The van der Waals surface area contributed by atoms with Gasteiger partial charge in [-0.1, -0.05) is 19.1 Å². The first kappa shape index (κ1) is 20.5. The number of hydrogen-bond acceptors (Lipinski definition) is 5. The lowest BCUT2D eigenvalue weighted by molar-refractivity contribution is -0.128. The van der Waals surface area contributed by atoms with E-state index in [9.17, 15) is 14.4 Å². The van der Waals surface area contributed by atoms with Crippen molar-refractivity contribution in [1.29, 1.82) is 0 Å². The van der Waals surface area contributed by atoms with E-state index in [1.165, 1.54) is 0 Å². The lowest BCUT2D eigenvalue weighted by Gasteiger charge is -2.35. The Balaban J connectivity index is 2.06. The predicted octanol–water partition coefficient (Wildman–Crippen LogP) is 1.40. The van der Waals surface area contributed by atoms with Gasteiger partial charge in [-0.05, 0) is 39.3 Å². The zero-order chi connectivity index (χ0) is 20.0. The fraction of sp³-hybridized carbons (Fsp3) is 0.526. The molecule has 1 aliphatic heterocycles. The van der Waals surface area contributed by atoms with E-state index in [1.807, 2.05) is 39.8 Å². The van der Waals surface area contributed by atoms with E-state index in [1.54, 1.807) is 17.0 Å². The van der Waals surface area contributed by atoms with Gasteiger partial charge in [0, 0.05) is 12.1 Å². The SMILES string of the molecule is CCCNC(=O)[C@H]1CN(CC(=O)NC(=O)NC(C)(C)C)c2ccccc2O1. The van der Waals surface area contributed by atoms with Crippen molar-refractivity contribution in [3.8, 4) is 5.75 Å². The number of urea groups is 1. The number of para-hydroxylation sites is 2. The lowest BCUT2D eigenvalue weighted by atomic mass is 10.1. The summed E-state index contributed by atoms with van der Waals surface area (Å²) in [6.45, 7) is 8.18. The van der Waals surface area contributed by atoms with Gasteiger partial charge in [0.05, 0.1) is 18.8 Å². The van der Waals surface area contributed by atoms with Crippen LogP contribution in [-0.2, 0) is 9.59 Å². The zero-order valence-electron chi connectivity index (χ0n) is 16.3. The first-order chi connectivity index (χ1) is 12.7. The summed E-state index contributed by atoms with van der Waals surface area (Å²) < 4.78 is 5.78. The quantitative estimate of drug-likeness (QED) is 0.721. The van der Waals surface area contributed by atoms with E-state index < -0.39 is 23.6 Å². The van der Waals surface area contributed by atoms with Crippen molar-refractivity contribution in [2.45, 2.75) is 45.8 Å². The van der Waals surface area contributed by atoms with Crippen molar-refractivity contribution in [2.24, 2.45) is 0 Å². The van der Waals surface area contributed by atoms with E-state index in [-0.39, 0.29) is 19.0 Å². The summed E-state index contributed by atoms with van der Waals surface area (Å²) in [7, 11) is 0. The van der Waals surface area contributed by atoms with E-state index in [2.05, 4.69) is 16.0 Å². The Morgan fingerprint density at radius 3 is 2.59 bits per heavy atom. The van der Waals surface area contributed by atoms with Crippen LogP contribution < -0.4 is 25.6 Å². The number of carbonyl (C=O) groups is 3. The van der Waals surface area contributed by atoms with Crippen molar-refractivity contribution in [3.05, 3.63) is 24.3 Å². The van der Waals surface area contributed by atoms with Crippen molar-refractivity contribution >= 4 is 23.5 Å². The number of amides is 4. The molecule has 1 aromatic rings. The molecule has 0 fully saturated rings. The molecule has 0 saturated heterocycles. The molecule has 3 N–H and O–H groups in total. The van der Waals surface area contributed by atoms with Gasteiger partial charge in [0.1, 0.15) is 5.75 Å². The Kier molecular flexibility index (Phi) is 6.65. The van der Waals surface area contributed by atoms with Crippen molar-refractivity contribution in [1.82, 2.24) is 16.0 Å². The van der Waals surface area contributed by atoms with Gasteiger partial charge in [0.25, 0.3) is 5.91 Å². The molecule has 0 unspecified atom stereocenters. The van der Waals surface area contributed by atoms with Crippen LogP contribution in [0.4, 0.5) is 10.5 Å². The van der Waals surface area contributed by atoms with Crippen LogP contribution in [0.1, 0.15) is 34.1 Å². The smallest absolute Gasteiger partial charge is 0.321 e. The third-order valence-electron chi connectivity index (χ3n) is 3.78. The Hall–Kier alpha value is -2.77. The summed E-state index contributed by atoms with van der Waals surface area (Å²) in [5.74, 6) is -0.143. The van der Waals surface area contributed by atoms with Crippen LogP contribution >= 0.6 is 0 Å².